The van der Waals surface area contributed by atoms with E-state index in [2.05, 4.69) is 10.3 Å². The first-order chi connectivity index (χ1) is 8.12. The van der Waals surface area contributed by atoms with Crippen molar-refractivity contribution in [3.63, 3.8) is 0 Å². The molecule has 0 saturated carbocycles. The summed E-state index contributed by atoms with van der Waals surface area (Å²) in [7, 11) is 0. The molecule has 1 N–H and O–H groups in total. The van der Waals surface area contributed by atoms with Gasteiger partial charge in [-0.25, -0.2) is 4.98 Å². The minimum absolute atomic E-state index is 0.180. The number of halogens is 3. The smallest absolute Gasteiger partial charge is 0.370 e. The molecule has 0 fully saturated rings. The summed E-state index contributed by atoms with van der Waals surface area (Å²) in [5, 5.41) is 3.20. The summed E-state index contributed by atoms with van der Waals surface area (Å²) in [6.45, 7) is 8.16. The van der Waals surface area contributed by atoms with E-state index in [9.17, 15) is 13.2 Å². The van der Waals surface area contributed by atoms with Gasteiger partial charge < -0.3 is 5.32 Å². The lowest BCUT2D eigenvalue weighted by Crippen LogP contribution is -2.11. The third-order valence-corrected chi connectivity index (χ3v) is 2.93. The number of nitrogens with one attached hydrogen (secondary N) is 1. The van der Waals surface area contributed by atoms with E-state index in [1.807, 2.05) is 27.7 Å². The fraction of sp³-hybridized carbons (Fsp3) is 0.583. The van der Waals surface area contributed by atoms with Crippen molar-refractivity contribution in [2.75, 3.05) is 11.9 Å². The molecule has 0 aliphatic rings. The summed E-state index contributed by atoms with van der Waals surface area (Å²) in [6, 6.07) is 2.13. The Morgan fingerprint density at radius 2 is 1.83 bits per heavy atom. The standard InChI is InChI=1S/C12H17F3N2S/c1-5-16-9-6-8(12(13,14)15)7-10(17-9)18-11(2,3)4/h6-7H,5H2,1-4H3,(H,16,17). The molecule has 0 amide bonds. The van der Waals surface area contributed by atoms with Gasteiger partial charge in [-0.15, -0.1) is 11.8 Å². The lowest BCUT2D eigenvalue weighted by atomic mass is 10.2. The maximum Gasteiger partial charge on any atom is 0.416 e. The van der Waals surface area contributed by atoms with Crippen molar-refractivity contribution >= 4 is 17.6 Å². The lowest BCUT2D eigenvalue weighted by molar-refractivity contribution is -0.137. The molecule has 1 aromatic heterocycles. The highest BCUT2D eigenvalue weighted by Gasteiger charge is 2.32. The van der Waals surface area contributed by atoms with E-state index in [-0.39, 0.29) is 10.6 Å². The summed E-state index contributed by atoms with van der Waals surface area (Å²) in [5.74, 6) is 0.263. The van der Waals surface area contributed by atoms with E-state index in [4.69, 9.17) is 0 Å². The van der Waals surface area contributed by atoms with Gasteiger partial charge in [-0.2, -0.15) is 13.2 Å². The minimum atomic E-state index is -4.35. The van der Waals surface area contributed by atoms with Gasteiger partial charge in [-0.05, 0) is 19.1 Å². The average molecular weight is 278 g/mol. The van der Waals surface area contributed by atoms with Gasteiger partial charge >= 0.3 is 6.18 Å². The van der Waals surface area contributed by atoms with Crippen molar-refractivity contribution in [3.8, 4) is 0 Å². The van der Waals surface area contributed by atoms with Crippen molar-refractivity contribution in [2.45, 2.75) is 43.6 Å². The maximum atomic E-state index is 12.8. The molecule has 2 nitrogen and oxygen atoms in total. The molecular weight excluding hydrogens is 261 g/mol. The molecule has 0 radical (unpaired) electrons. The Morgan fingerprint density at radius 3 is 2.28 bits per heavy atom. The molecule has 0 aromatic carbocycles. The van der Waals surface area contributed by atoms with E-state index >= 15 is 0 Å². The highest BCUT2D eigenvalue weighted by molar-refractivity contribution is 8.00. The highest BCUT2D eigenvalue weighted by atomic mass is 32.2. The van der Waals surface area contributed by atoms with Crippen LogP contribution in [0.2, 0.25) is 0 Å². The van der Waals surface area contributed by atoms with E-state index in [1.54, 1.807) is 0 Å². The van der Waals surface area contributed by atoms with Crippen LogP contribution in [-0.4, -0.2) is 16.3 Å². The quantitative estimate of drug-likeness (QED) is 0.828. The normalized spacial score (nSPS) is 12.6. The molecule has 102 valence electrons. The van der Waals surface area contributed by atoms with Crippen LogP contribution in [0.15, 0.2) is 17.2 Å². The largest absolute Gasteiger partial charge is 0.416 e. The van der Waals surface area contributed by atoms with Crippen molar-refractivity contribution in [3.05, 3.63) is 17.7 Å². The molecule has 0 aliphatic carbocycles. The topological polar surface area (TPSA) is 24.9 Å². The van der Waals surface area contributed by atoms with Crippen molar-refractivity contribution < 1.29 is 13.2 Å². The fourth-order valence-electron chi connectivity index (χ4n) is 1.31. The van der Waals surface area contributed by atoms with Gasteiger partial charge in [-0.1, -0.05) is 20.8 Å². The summed E-state index contributed by atoms with van der Waals surface area (Å²) in [5.41, 5.74) is -0.666. The Bertz CT molecular complexity index is 411. The number of pyridine rings is 1. The van der Waals surface area contributed by atoms with Gasteiger partial charge in [0.2, 0.25) is 0 Å². The number of aromatic nitrogens is 1. The van der Waals surface area contributed by atoms with Gasteiger partial charge in [0.15, 0.2) is 0 Å². The third-order valence-electron chi connectivity index (χ3n) is 1.90. The number of rotatable bonds is 3. The van der Waals surface area contributed by atoms with Gasteiger partial charge in [0.25, 0.3) is 0 Å². The van der Waals surface area contributed by atoms with E-state index in [0.29, 0.717) is 11.6 Å². The minimum Gasteiger partial charge on any atom is -0.370 e. The predicted molar refractivity (Wildman–Crippen MR) is 69.0 cm³/mol. The molecule has 0 saturated heterocycles. The zero-order valence-corrected chi connectivity index (χ0v) is 11.7. The summed E-state index contributed by atoms with van der Waals surface area (Å²) in [6.07, 6.45) is -4.35. The number of anilines is 1. The monoisotopic (exact) mass is 278 g/mol. The second-order valence-corrected chi connectivity index (χ2v) is 6.67. The lowest BCUT2D eigenvalue weighted by Gasteiger charge is -2.18. The molecule has 0 spiro atoms. The van der Waals surface area contributed by atoms with Crippen LogP contribution in [0.1, 0.15) is 33.3 Å². The molecule has 0 atom stereocenters. The highest BCUT2D eigenvalue weighted by Crippen LogP contribution is 2.36. The predicted octanol–water partition coefficient (Wildman–Crippen LogP) is 4.42. The third kappa shape index (κ3) is 4.76. The first-order valence-electron chi connectivity index (χ1n) is 5.64. The zero-order valence-electron chi connectivity index (χ0n) is 10.9. The van der Waals surface area contributed by atoms with Gasteiger partial charge in [0.05, 0.1) is 10.6 Å². The van der Waals surface area contributed by atoms with Crippen LogP contribution in [0.5, 0.6) is 0 Å². The number of hydrogen-bond donors (Lipinski definition) is 1. The molecular formula is C12H17F3N2S. The van der Waals surface area contributed by atoms with Crippen molar-refractivity contribution in [1.29, 1.82) is 0 Å². The van der Waals surface area contributed by atoms with Crippen LogP contribution in [0.25, 0.3) is 0 Å². The van der Waals surface area contributed by atoms with Gasteiger partial charge in [0, 0.05) is 11.3 Å². The Hall–Kier alpha value is -0.910. The number of alkyl halides is 3. The van der Waals surface area contributed by atoms with Crippen LogP contribution in [-0.2, 0) is 6.18 Å². The molecule has 6 heteroatoms. The Morgan fingerprint density at radius 1 is 1.22 bits per heavy atom. The first kappa shape index (κ1) is 15.1. The first-order valence-corrected chi connectivity index (χ1v) is 6.45. The maximum absolute atomic E-state index is 12.8. The zero-order chi connectivity index (χ0) is 14.0. The number of nitrogens with zero attached hydrogens (tertiary/aromatic N) is 1. The number of thioether (sulfide) groups is 1. The Balaban J connectivity index is 3.14. The molecule has 1 rings (SSSR count). The second kappa shape index (κ2) is 5.38. The molecule has 0 bridgehead atoms. The number of hydrogen-bond acceptors (Lipinski definition) is 3. The van der Waals surface area contributed by atoms with Crippen LogP contribution in [0.3, 0.4) is 0 Å². The van der Waals surface area contributed by atoms with Gasteiger partial charge in [-0.3, -0.25) is 0 Å². The molecule has 18 heavy (non-hydrogen) atoms. The van der Waals surface area contributed by atoms with Crippen LogP contribution < -0.4 is 5.32 Å². The fourth-order valence-corrected chi connectivity index (χ4v) is 2.26. The van der Waals surface area contributed by atoms with Crippen molar-refractivity contribution in [1.82, 2.24) is 4.98 Å². The second-order valence-electron chi connectivity index (χ2n) is 4.82. The van der Waals surface area contributed by atoms with Crippen LogP contribution in [0, 0.1) is 0 Å². The van der Waals surface area contributed by atoms with E-state index < -0.39 is 11.7 Å². The Kier molecular flexibility index (Phi) is 4.53. The van der Waals surface area contributed by atoms with Crippen LogP contribution in [0.4, 0.5) is 19.0 Å². The van der Waals surface area contributed by atoms with Gasteiger partial charge in [0.1, 0.15) is 5.82 Å². The molecule has 1 heterocycles. The summed E-state index contributed by atoms with van der Waals surface area (Å²) >= 11 is 1.32. The summed E-state index contributed by atoms with van der Waals surface area (Å²) in [4.78, 5) is 4.17. The Labute approximate surface area is 109 Å². The molecule has 0 unspecified atom stereocenters. The summed E-state index contributed by atoms with van der Waals surface area (Å²) < 4.78 is 38.1. The van der Waals surface area contributed by atoms with E-state index in [0.717, 1.165) is 12.1 Å². The molecule has 0 aliphatic heterocycles. The molecule has 1 aromatic rings. The van der Waals surface area contributed by atoms with Crippen molar-refractivity contribution in [2.24, 2.45) is 0 Å². The van der Waals surface area contributed by atoms with Crippen LogP contribution >= 0.6 is 11.8 Å². The SMILES string of the molecule is CCNc1cc(C(F)(F)F)cc(SC(C)(C)C)n1. The van der Waals surface area contributed by atoms with E-state index in [1.165, 1.54) is 11.8 Å². The average Bonchev–Trinajstić information content (AvgIpc) is 2.13.